The van der Waals surface area contributed by atoms with Crippen molar-refractivity contribution in [2.24, 2.45) is 0 Å². The van der Waals surface area contributed by atoms with Crippen molar-refractivity contribution < 1.29 is 23.5 Å². The topological polar surface area (TPSA) is 87.7 Å². The van der Waals surface area contributed by atoms with E-state index in [0.29, 0.717) is 41.3 Å². The second-order valence-corrected chi connectivity index (χ2v) is 9.86. The largest absolute Gasteiger partial charge is 0.355 e. The van der Waals surface area contributed by atoms with Crippen molar-refractivity contribution in [1.29, 1.82) is 0 Å². The minimum atomic E-state index is -1.09. The number of nitrogens with one attached hydrogen (secondary N) is 2. The van der Waals surface area contributed by atoms with Gasteiger partial charge in [0.25, 0.3) is 5.91 Å². The van der Waals surface area contributed by atoms with E-state index < -0.39 is 23.9 Å². The van der Waals surface area contributed by atoms with E-state index in [4.69, 9.17) is 16.3 Å². The van der Waals surface area contributed by atoms with Crippen LogP contribution in [0.5, 0.6) is 0 Å². The van der Waals surface area contributed by atoms with Crippen molar-refractivity contribution in [1.82, 2.24) is 10.6 Å². The molecule has 0 aromatic heterocycles. The quantitative estimate of drug-likeness (QED) is 0.389. The van der Waals surface area contributed by atoms with Gasteiger partial charge in [0.05, 0.1) is 6.42 Å². The third-order valence-corrected chi connectivity index (χ3v) is 6.69. The molecule has 3 aromatic rings. The van der Waals surface area contributed by atoms with E-state index in [1.54, 1.807) is 41.3 Å². The van der Waals surface area contributed by atoms with Crippen LogP contribution < -0.4 is 15.5 Å². The maximum absolute atomic E-state index is 14.0. The number of anilines is 1. The van der Waals surface area contributed by atoms with Crippen LogP contribution in [0.15, 0.2) is 66.7 Å². The molecule has 0 saturated carbocycles. The van der Waals surface area contributed by atoms with Crippen LogP contribution >= 0.6 is 11.6 Å². The number of carbonyl (C=O) groups excluding carboxylic acids is 3. The maximum Gasteiger partial charge on any atom is 0.256 e. The summed E-state index contributed by atoms with van der Waals surface area (Å²) in [6.07, 6.45) is -1.34. The Morgan fingerprint density at radius 1 is 1.03 bits per heavy atom. The first-order valence-electron chi connectivity index (χ1n) is 12.9. The molecule has 4 rings (SSSR count). The summed E-state index contributed by atoms with van der Waals surface area (Å²) < 4.78 is 20.5. The van der Waals surface area contributed by atoms with Crippen LogP contribution in [0, 0.1) is 5.82 Å². The van der Waals surface area contributed by atoms with Crippen molar-refractivity contribution in [3.63, 3.8) is 0 Å². The van der Waals surface area contributed by atoms with E-state index in [1.807, 2.05) is 31.2 Å². The number of halogens is 2. The van der Waals surface area contributed by atoms with Gasteiger partial charge in [-0.05, 0) is 41.8 Å². The number of benzene rings is 3. The number of hydrogen-bond acceptors (Lipinski definition) is 4. The monoisotopic (exact) mass is 551 g/mol. The van der Waals surface area contributed by atoms with Gasteiger partial charge < -0.3 is 20.3 Å². The van der Waals surface area contributed by atoms with Gasteiger partial charge >= 0.3 is 0 Å². The van der Waals surface area contributed by atoms with Gasteiger partial charge in [0.15, 0.2) is 0 Å². The summed E-state index contributed by atoms with van der Waals surface area (Å²) in [4.78, 5) is 39.8. The summed E-state index contributed by atoms with van der Waals surface area (Å²) in [5.74, 6) is -1.33. The molecule has 0 spiro atoms. The Morgan fingerprint density at radius 2 is 1.82 bits per heavy atom. The van der Waals surface area contributed by atoms with E-state index in [0.717, 1.165) is 11.1 Å². The summed E-state index contributed by atoms with van der Waals surface area (Å²) in [5.41, 5.74) is 3.33. The van der Waals surface area contributed by atoms with Crippen LogP contribution in [-0.2, 0) is 32.2 Å². The molecule has 1 aliphatic heterocycles. The zero-order valence-corrected chi connectivity index (χ0v) is 22.6. The van der Waals surface area contributed by atoms with Gasteiger partial charge in [-0.2, -0.15) is 0 Å². The van der Waals surface area contributed by atoms with E-state index in [-0.39, 0.29) is 24.8 Å². The molecular formula is C30H31ClFN3O4. The molecule has 0 radical (unpaired) electrons. The molecule has 2 unspecified atom stereocenters. The first-order valence-corrected chi connectivity index (χ1v) is 13.2. The Balaban J connectivity index is 1.66. The molecule has 0 bridgehead atoms. The van der Waals surface area contributed by atoms with Crippen LogP contribution in [-0.4, -0.2) is 30.4 Å². The molecule has 3 aromatic carbocycles. The van der Waals surface area contributed by atoms with Gasteiger partial charge in [0.2, 0.25) is 11.8 Å². The zero-order valence-electron chi connectivity index (χ0n) is 21.9. The van der Waals surface area contributed by atoms with Crippen LogP contribution in [0.2, 0.25) is 5.02 Å². The summed E-state index contributed by atoms with van der Waals surface area (Å²) in [5, 5.41) is 5.98. The van der Waals surface area contributed by atoms with Crippen molar-refractivity contribution in [2.45, 2.75) is 52.0 Å². The highest BCUT2D eigenvalue weighted by atomic mass is 35.5. The van der Waals surface area contributed by atoms with Crippen LogP contribution in [0.4, 0.5) is 10.1 Å². The third-order valence-electron chi connectivity index (χ3n) is 6.45. The molecule has 3 amide bonds. The minimum Gasteiger partial charge on any atom is -0.355 e. The average molecular weight is 552 g/mol. The molecule has 9 heteroatoms. The fourth-order valence-corrected chi connectivity index (χ4v) is 4.77. The fraction of sp³-hybridized carbons (Fsp3) is 0.300. The molecule has 7 nitrogen and oxygen atoms in total. The fourth-order valence-electron chi connectivity index (χ4n) is 4.59. The Hall–Kier alpha value is -3.75. The number of carbonyl (C=O) groups is 3. The van der Waals surface area contributed by atoms with Gasteiger partial charge in [0.1, 0.15) is 18.0 Å². The highest BCUT2D eigenvalue weighted by Crippen LogP contribution is 2.40. The van der Waals surface area contributed by atoms with Gasteiger partial charge in [-0.25, -0.2) is 4.39 Å². The molecule has 2 N–H and O–H groups in total. The molecule has 204 valence electrons. The predicted octanol–water partition coefficient (Wildman–Crippen LogP) is 5.05. The third kappa shape index (κ3) is 7.02. The average Bonchev–Trinajstić information content (AvgIpc) is 3.02. The summed E-state index contributed by atoms with van der Waals surface area (Å²) in [6, 6.07) is 19.0. The van der Waals surface area contributed by atoms with Gasteiger partial charge in [-0.3, -0.25) is 14.4 Å². The minimum absolute atomic E-state index is 0.00442. The molecule has 0 saturated heterocycles. The predicted molar refractivity (Wildman–Crippen MR) is 148 cm³/mol. The summed E-state index contributed by atoms with van der Waals surface area (Å²) in [6.45, 7) is 4.18. The Bertz CT molecular complexity index is 1370. The van der Waals surface area contributed by atoms with E-state index in [1.165, 1.54) is 13.0 Å². The summed E-state index contributed by atoms with van der Waals surface area (Å²) >= 11 is 6.39. The molecule has 1 heterocycles. The lowest BCUT2D eigenvalue weighted by Gasteiger charge is -2.24. The van der Waals surface area contributed by atoms with Gasteiger partial charge in [-0.15, -0.1) is 0 Å². The van der Waals surface area contributed by atoms with Gasteiger partial charge in [-0.1, -0.05) is 61.0 Å². The molecule has 39 heavy (non-hydrogen) atoms. The first kappa shape index (κ1) is 28.3. The lowest BCUT2D eigenvalue weighted by Crippen LogP contribution is -2.42. The smallest absolute Gasteiger partial charge is 0.256 e. The highest BCUT2D eigenvalue weighted by molar-refractivity contribution is 6.30. The number of nitrogens with zero attached hydrogens (tertiary/aromatic N) is 1. The van der Waals surface area contributed by atoms with Crippen LogP contribution in [0.25, 0.3) is 0 Å². The van der Waals surface area contributed by atoms with Crippen LogP contribution in [0.1, 0.15) is 55.0 Å². The van der Waals surface area contributed by atoms with Crippen molar-refractivity contribution >= 4 is 35.0 Å². The summed E-state index contributed by atoms with van der Waals surface area (Å²) in [7, 11) is 0. The molecule has 0 aliphatic carbocycles. The second kappa shape index (κ2) is 12.9. The standard InChI is InChI=1S/C30H31ClFN3O4/c1-3-13-35-26-12-11-23(31)15-24(26)29(21-9-6-7-20(14-21)17-33-19(2)36)39-27(30(35)38)16-28(37)34-18-22-8-4-5-10-25(22)32/h4-12,14-15,27,29H,3,13,16-18H2,1-2H3,(H,33,36)(H,34,37). The first-order chi connectivity index (χ1) is 18.8. The lowest BCUT2D eigenvalue weighted by molar-refractivity contribution is -0.138. The molecule has 0 fully saturated rings. The number of ether oxygens (including phenoxy) is 1. The number of hydrogen-bond donors (Lipinski definition) is 2. The highest BCUT2D eigenvalue weighted by Gasteiger charge is 2.37. The molecule has 1 aliphatic rings. The Morgan fingerprint density at radius 3 is 2.56 bits per heavy atom. The number of rotatable bonds is 9. The van der Waals surface area contributed by atoms with Crippen molar-refractivity contribution in [3.05, 3.63) is 99.8 Å². The van der Waals surface area contributed by atoms with Crippen molar-refractivity contribution in [2.75, 3.05) is 11.4 Å². The second-order valence-electron chi connectivity index (χ2n) is 9.42. The maximum atomic E-state index is 14.0. The molecule has 2 atom stereocenters. The van der Waals surface area contributed by atoms with E-state index in [2.05, 4.69) is 10.6 Å². The SMILES string of the molecule is CCCN1C(=O)C(CC(=O)NCc2ccccc2F)OC(c2cccc(CNC(C)=O)c2)c2cc(Cl)ccc21. The molecular weight excluding hydrogens is 521 g/mol. The van der Waals surface area contributed by atoms with Crippen LogP contribution in [0.3, 0.4) is 0 Å². The normalized spacial score (nSPS) is 16.8. The number of amides is 3. The number of fused-ring (bicyclic) bond motifs is 1. The lowest BCUT2D eigenvalue weighted by atomic mass is 9.97. The van der Waals surface area contributed by atoms with E-state index in [9.17, 15) is 18.8 Å². The van der Waals surface area contributed by atoms with Crippen molar-refractivity contribution in [3.8, 4) is 0 Å². The Labute approximate surface area is 232 Å². The zero-order chi connectivity index (χ0) is 27.9. The Kier molecular flexibility index (Phi) is 9.32. The van der Waals surface area contributed by atoms with Gasteiger partial charge in [0, 0.05) is 48.4 Å². The van der Waals surface area contributed by atoms with E-state index >= 15 is 0 Å².